The van der Waals surface area contributed by atoms with Crippen LogP contribution >= 0.6 is 0 Å². The summed E-state index contributed by atoms with van der Waals surface area (Å²) >= 11 is 0. The molecule has 11 atom stereocenters. The third kappa shape index (κ3) is 24.8. The molecule has 0 aromatic heterocycles. The lowest BCUT2D eigenvalue weighted by Gasteiger charge is -2.34. The smallest absolute Gasteiger partial charge is 0.326 e. The first-order valence-corrected chi connectivity index (χ1v) is 30.6. The van der Waals surface area contributed by atoms with Crippen molar-refractivity contribution in [1.82, 2.24) is 52.3 Å². The van der Waals surface area contributed by atoms with E-state index in [0.29, 0.717) is 11.1 Å². The summed E-state index contributed by atoms with van der Waals surface area (Å²) in [7, 11) is 0. The number of phenols is 1. The molecule has 0 spiro atoms. The lowest BCUT2D eigenvalue weighted by molar-refractivity contribution is -0.146. The van der Waals surface area contributed by atoms with Gasteiger partial charge in [-0.15, -0.1) is 0 Å². The fraction of sp³-hybridized carbons (Fsp3) is 0.541. The summed E-state index contributed by atoms with van der Waals surface area (Å²) < 4.78 is 0. The van der Waals surface area contributed by atoms with Crippen LogP contribution in [0.15, 0.2) is 54.6 Å². The van der Waals surface area contributed by atoms with Crippen LogP contribution in [0.1, 0.15) is 128 Å². The number of carboxylic acid groups (broad SMARTS) is 6. The van der Waals surface area contributed by atoms with Gasteiger partial charge in [0.05, 0.1) is 6.42 Å². The van der Waals surface area contributed by atoms with Crippen molar-refractivity contribution in [3.05, 3.63) is 65.7 Å². The Morgan fingerprint density at radius 1 is 0.436 bits per heavy atom. The summed E-state index contributed by atoms with van der Waals surface area (Å²) in [4.78, 5) is 212. The van der Waals surface area contributed by atoms with E-state index in [0.717, 1.165) is 16.7 Å². The highest BCUT2D eigenvalue weighted by Crippen LogP contribution is 2.25. The van der Waals surface area contributed by atoms with Crippen molar-refractivity contribution < 1.29 is 112 Å². The van der Waals surface area contributed by atoms with E-state index >= 15 is 0 Å². The zero-order valence-corrected chi connectivity index (χ0v) is 52.0. The molecule has 2 fully saturated rings. The Hall–Kier alpha value is -10.2. The largest absolute Gasteiger partial charge is 0.508 e. The highest BCUT2D eigenvalue weighted by atomic mass is 16.4. The molecule has 4 rings (SSSR count). The highest BCUT2D eigenvalue weighted by molar-refractivity contribution is 5.99. The van der Waals surface area contributed by atoms with E-state index in [1.54, 1.807) is 44.2 Å². The Morgan fingerprint density at radius 2 is 0.840 bits per heavy atom. The lowest BCUT2D eigenvalue weighted by atomic mass is 9.96. The Morgan fingerprint density at radius 3 is 1.34 bits per heavy atom. The molecule has 33 nitrogen and oxygen atoms in total. The van der Waals surface area contributed by atoms with Crippen molar-refractivity contribution in [1.29, 1.82) is 0 Å². The lowest BCUT2D eigenvalue weighted by Crippen LogP contribution is -2.61. The zero-order valence-electron chi connectivity index (χ0n) is 52.0. The summed E-state index contributed by atoms with van der Waals surface area (Å²) in [6.45, 7) is 4.38. The summed E-state index contributed by atoms with van der Waals surface area (Å²) in [5.41, 5.74) is 0.913. The van der Waals surface area contributed by atoms with E-state index in [-0.39, 0.29) is 63.8 Å². The summed E-state index contributed by atoms with van der Waals surface area (Å²) in [6, 6.07) is -1.73. The maximum absolute atomic E-state index is 14.7. The number of hydrogen-bond acceptors (Lipinski definition) is 17. The second kappa shape index (κ2) is 37.3. The van der Waals surface area contributed by atoms with Gasteiger partial charge in [-0.2, -0.15) is 0 Å². The molecule has 94 heavy (non-hydrogen) atoms. The molecule has 2 heterocycles. The Balaban J connectivity index is 1.52. The van der Waals surface area contributed by atoms with Gasteiger partial charge in [-0.1, -0.05) is 62.7 Å². The summed E-state index contributed by atoms with van der Waals surface area (Å²) in [6.07, 6.45) is -5.74. The number of likely N-dealkylation sites (tertiary alicyclic amines) is 2. The van der Waals surface area contributed by atoms with Gasteiger partial charge in [-0.3, -0.25) is 71.9 Å². The Kier molecular flexibility index (Phi) is 30.3. The number of amides is 10. The number of carbonyl (C=O) groups excluding carboxylic acids is 10. The highest BCUT2D eigenvalue weighted by Gasteiger charge is 2.44. The van der Waals surface area contributed by atoms with Crippen molar-refractivity contribution in [2.24, 2.45) is 5.92 Å². The van der Waals surface area contributed by atoms with Gasteiger partial charge in [0.25, 0.3) is 0 Å². The van der Waals surface area contributed by atoms with E-state index in [2.05, 4.69) is 42.5 Å². The first-order chi connectivity index (χ1) is 44.4. The van der Waals surface area contributed by atoms with Crippen LogP contribution in [0, 0.1) is 5.92 Å². The van der Waals surface area contributed by atoms with Crippen LogP contribution in [0.3, 0.4) is 0 Å². The standard InChI is InChI=1S/C61H82N10O23/c1-4-32(2)51(69-58(90)44-13-8-28-70(44)59(91)39(20-25-48(78)79)66-55(87)41(30-34-10-6-5-7-11-34)63-45(73)22-27-50(82)83)60(92)71-29-9-12-43(71)57(89)65-38(19-24-47(76)77)54(86)64-37(18-23-46(74)75)53(85)62-33(3)52(84)68-42(31-35-14-16-36(72)17-15-35)56(88)67-40(61(93)94)21-26-49(80)81/h5-7,10-11,14-17,32-33,37-44,51,72H,4,8-9,12-13,18-31H2,1-3H3,(H,62,85)(H,63,73)(H,64,86)(H,65,89)(H,66,87)(H,67,88)(H,68,84)(H,69,90)(H,74,75)(H,76,77)(H,78,79)(H,80,81)(H,82,83)(H,93,94)/t32-,33-,37-,38-,39-,40-,41-,42-,43-,44-,51-/m0/s1. The molecule has 2 saturated heterocycles. The van der Waals surface area contributed by atoms with Gasteiger partial charge in [-0.05, 0) is 87.5 Å². The van der Waals surface area contributed by atoms with E-state index in [1.165, 1.54) is 24.3 Å². The molecule has 33 heteroatoms. The number of aromatic hydroxyl groups is 1. The molecule has 2 aliphatic heterocycles. The number of carboxylic acids is 6. The molecule has 0 saturated carbocycles. The number of rotatable bonds is 39. The van der Waals surface area contributed by atoms with Crippen LogP contribution in [0.25, 0.3) is 0 Å². The minimum atomic E-state index is -1.80. The van der Waals surface area contributed by atoms with Crippen LogP contribution in [-0.4, -0.2) is 214 Å². The van der Waals surface area contributed by atoms with Gasteiger partial charge in [0.2, 0.25) is 59.1 Å². The SMILES string of the molecule is CC[C@H](C)[C@H](NC(=O)[C@@H]1CCCN1C(=O)[C@H](CCC(=O)O)NC(=O)[C@H](Cc1ccccc1)NC(=O)CCC(=O)O)C(=O)N1CCC[C@H]1C(=O)N[C@@H](CCC(=O)O)C(=O)N[C@@H](CCC(=O)O)C(=O)N[C@@H](C)C(=O)N[C@@H](Cc1ccc(O)cc1)C(=O)N[C@@H](CCC(=O)O)C(=O)O. The van der Waals surface area contributed by atoms with Crippen molar-refractivity contribution >= 4 is 94.9 Å². The van der Waals surface area contributed by atoms with Crippen LogP contribution in [-0.2, 0) is 89.6 Å². The third-order valence-electron chi connectivity index (χ3n) is 15.8. The van der Waals surface area contributed by atoms with Crippen molar-refractivity contribution in [2.75, 3.05) is 13.1 Å². The second-order valence-electron chi connectivity index (χ2n) is 22.9. The fourth-order valence-electron chi connectivity index (χ4n) is 10.4. The molecule has 0 bridgehead atoms. The number of nitrogens with one attached hydrogen (secondary N) is 8. The number of hydrogen-bond donors (Lipinski definition) is 15. The van der Waals surface area contributed by atoms with Gasteiger partial charge in [0.15, 0.2) is 0 Å². The molecule has 2 aromatic carbocycles. The minimum Gasteiger partial charge on any atom is -0.508 e. The van der Waals surface area contributed by atoms with Gasteiger partial charge < -0.3 is 88.1 Å². The number of aliphatic carboxylic acids is 6. The third-order valence-corrected chi connectivity index (χ3v) is 15.8. The average molecular weight is 1320 g/mol. The predicted octanol–water partition coefficient (Wildman–Crippen LogP) is -1.49. The number of nitrogens with zero attached hydrogens (tertiary/aromatic N) is 2. The second-order valence-corrected chi connectivity index (χ2v) is 22.9. The molecule has 0 radical (unpaired) electrons. The molecule has 514 valence electrons. The molecular weight excluding hydrogens is 1240 g/mol. The van der Waals surface area contributed by atoms with Crippen molar-refractivity contribution in [3.8, 4) is 5.75 Å². The van der Waals surface area contributed by atoms with Crippen molar-refractivity contribution in [2.45, 2.75) is 190 Å². The van der Waals surface area contributed by atoms with E-state index in [4.69, 9.17) is 10.2 Å². The van der Waals surface area contributed by atoms with Gasteiger partial charge >= 0.3 is 35.8 Å². The van der Waals surface area contributed by atoms with E-state index in [1.807, 2.05) is 0 Å². The molecule has 2 aromatic rings. The Labute approximate surface area is 538 Å². The quantitative estimate of drug-likeness (QED) is 0.0363. The minimum absolute atomic E-state index is 0.00942. The topological polar surface area (TPSA) is 517 Å². The van der Waals surface area contributed by atoms with E-state index in [9.17, 15) is 102 Å². The molecule has 10 amide bonds. The maximum Gasteiger partial charge on any atom is 0.326 e. The molecule has 0 unspecified atom stereocenters. The molecular formula is C61H82N10O23. The van der Waals surface area contributed by atoms with Crippen LogP contribution < -0.4 is 42.5 Å². The monoisotopic (exact) mass is 1320 g/mol. The van der Waals surface area contributed by atoms with Crippen molar-refractivity contribution in [3.63, 3.8) is 0 Å². The Bertz CT molecular complexity index is 3090. The maximum atomic E-state index is 14.7. The first kappa shape index (κ1) is 76.2. The number of benzene rings is 2. The summed E-state index contributed by atoms with van der Waals surface area (Å²) in [5, 5.41) is 85.9. The van der Waals surface area contributed by atoms with Gasteiger partial charge in [-0.25, -0.2) is 4.79 Å². The average Bonchev–Trinajstić information content (AvgIpc) is 1.59. The van der Waals surface area contributed by atoms with Crippen LogP contribution in [0.4, 0.5) is 0 Å². The molecule has 15 N–H and O–H groups in total. The van der Waals surface area contributed by atoms with Crippen LogP contribution in [0.2, 0.25) is 0 Å². The van der Waals surface area contributed by atoms with Crippen LogP contribution in [0.5, 0.6) is 5.75 Å². The number of carbonyl (C=O) groups is 16. The molecule has 2 aliphatic rings. The van der Waals surface area contributed by atoms with E-state index < -0.39 is 225 Å². The van der Waals surface area contributed by atoms with Gasteiger partial charge in [0.1, 0.15) is 66.2 Å². The fourth-order valence-corrected chi connectivity index (χ4v) is 10.4. The predicted molar refractivity (Wildman–Crippen MR) is 324 cm³/mol. The number of phenolic OH excluding ortho intramolecular Hbond substituents is 1. The first-order valence-electron chi connectivity index (χ1n) is 30.6. The zero-order chi connectivity index (χ0) is 69.9. The van der Waals surface area contributed by atoms with Gasteiger partial charge in [0, 0.05) is 58.0 Å². The summed E-state index contributed by atoms with van der Waals surface area (Å²) in [5.74, 6) is -18.9. The molecule has 0 aliphatic carbocycles. The normalized spacial score (nSPS) is 17.1.